The molecular formula is C12H18Cl2Ru. The summed E-state index contributed by atoms with van der Waals surface area (Å²) >= 11 is -0.346. The Hall–Kier alpha value is 0.683. The van der Waals surface area contributed by atoms with Gasteiger partial charge in [0.2, 0.25) is 0 Å². The third-order valence-corrected chi connectivity index (χ3v) is 2.13. The molecule has 2 aliphatic rings. The standard InChI is InChI=1S/2C6H9.2ClH.Ru/c2*1-2-4-6-5-3-1;;;/h2*1H,2,4-6H2;2*1H;/q2*-1;;;+4/p-2. The first kappa shape index (κ1) is 15.7. The molecule has 0 amide bonds. The van der Waals surface area contributed by atoms with E-state index < -0.39 is 0 Å². The monoisotopic (exact) mass is 334 g/mol. The molecule has 0 spiro atoms. The molecule has 0 unspecified atom stereocenters. The van der Waals surface area contributed by atoms with Crippen molar-refractivity contribution in [3.63, 3.8) is 0 Å². The van der Waals surface area contributed by atoms with Crippen molar-refractivity contribution in [3.05, 3.63) is 24.3 Å². The van der Waals surface area contributed by atoms with Gasteiger partial charge < -0.3 is 12.2 Å². The van der Waals surface area contributed by atoms with Gasteiger partial charge in [-0.3, -0.25) is 12.2 Å². The van der Waals surface area contributed by atoms with Crippen LogP contribution < -0.4 is 0 Å². The zero-order valence-electron chi connectivity index (χ0n) is 8.92. The second-order valence-electron chi connectivity index (χ2n) is 3.36. The molecule has 3 heteroatoms. The van der Waals surface area contributed by atoms with Crippen LogP contribution in [0.5, 0.6) is 0 Å². The number of rotatable bonds is 0. The summed E-state index contributed by atoms with van der Waals surface area (Å²) < 4.78 is 0. The van der Waals surface area contributed by atoms with E-state index in [4.69, 9.17) is 19.4 Å². The van der Waals surface area contributed by atoms with E-state index in [9.17, 15) is 0 Å². The maximum absolute atomic E-state index is 4.85. The third kappa shape index (κ3) is 14.7. The van der Waals surface area contributed by atoms with Gasteiger partial charge in [-0.1, -0.05) is 38.5 Å². The summed E-state index contributed by atoms with van der Waals surface area (Å²) in [7, 11) is 9.71. The van der Waals surface area contributed by atoms with Crippen LogP contribution in [-0.4, -0.2) is 0 Å². The molecule has 0 fully saturated rings. The fourth-order valence-corrected chi connectivity index (χ4v) is 1.36. The Bertz CT molecular complexity index is 133. The summed E-state index contributed by atoms with van der Waals surface area (Å²) in [5.41, 5.74) is 0. The van der Waals surface area contributed by atoms with Gasteiger partial charge >= 0.3 is 34.5 Å². The summed E-state index contributed by atoms with van der Waals surface area (Å²) in [6, 6.07) is 0. The van der Waals surface area contributed by atoms with Gasteiger partial charge in [0.25, 0.3) is 0 Å². The predicted molar refractivity (Wildman–Crippen MR) is 64.3 cm³/mol. The minimum atomic E-state index is -0.346. The van der Waals surface area contributed by atoms with Gasteiger partial charge in [-0.2, -0.15) is 12.8 Å². The summed E-state index contributed by atoms with van der Waals surface area (Å²) in [4.78, 5) is 0. The second-order valence-corrected chi connectivity index (χ2v) is 6.00. The Labute approximate surface area is 110 Å². The van der Waals surface area contributed by atoms with Crippen LogP contribution in [0.4, 0.5) is 0 Å². The van der Waals surface area contributed by atoms with Crippen LogP contribution >= 0.6 is 19.4 Å². The van der Waals surface area contributed by atoms with Gasteiger partial charge in [-0.15, -0.1) is 0 Å². The summed E-state index contributed by atoms with van der Waals surface area (Å²) in [5, 5.41) is 0. The normalized spacial score (nSPS) is 18.3. The summed E-state index contributed by atoms with van der Waals surface area (Å²) in [6.45, 7) is 0. The molecule has 0 radical (unpaired) electrons. The van der Waals surface area contributed by atoms with E-state index in [2.05, 4.69) is 24.3 Å². The molecule has 2 rings (SSSR count). The van der Waals surface area contributed by atoms with Crippen LogP contribution in [0.15, 0.2) is 12.2 Å². The molecule has 15 heavy (non-hydrogen) atoms. The number of halogens is 2. The quantitative estimate of drug-likeness (QED) is 0.421. The molecular weight excluding hydrogens is 316 g/mol. The zero-order valence-corrected chi connectivity index (χ0v) is 12.2. The number of allylic oxidation sites excluding steroid dienone is 4. The topological polar surface area (TPSA) is 0 Å². The average Bonchev–Trinajstić information content (AvgIpc) is 2.35. The molecule has 0 heterocycles. The third-order valence-electron chi connectivity index (χ3n) is 2.13. The van der Waals surface area contributed by atoms with Crippen molar-refractivity contribution in [3.8, 4) is 0 Å². The van der Waals surface area contributed by atoms with Crippen molar-refractivity contribution in [2.75, 3.05) is 0 Å². The first-order chi connectivity index (χ1) is 7.41. The van der Waals surface area contributed by atoms with Crippen LogP contribution in [0.3, 0.4) is 0 Å². The van der Waals surface area contributed by atoms with E-state index in [-0.39, 0.29) is 15.1 Å². The van der Waals surface area contributed by atoms with Gasteiger partial charge in [-0.05, 0) is 0 Å². The van der Waals surface area contributed by atoms with Crippen molar-refractivity contribution in [1.29, 1.82) is 0 Å². The van der Waals surface area contributed by atoms with E-state index in [1.165, 1.54) is 51.4 Å². The van der Waals surface area contributed by atoms with Gasteiger partial charge in [0, 0.05) is 0 Å². The molecule has 2 aliphatic carbocycles. The Kier molecular flexibility index (Phi) is 15.4. The molecule has 0 aromatic rings. The average molecular weight is 334 g/mol. The van der Waals surface area contributed by atoms with Gasteiger partial charge in [0.05, 0.1) is 0 Å². The molecule has 0 saturated heterocycles. The molecule has 0 nitrogen and oxygen atoms in total. The maximum atomic E-state index is 4.85. The molecule has 0 aromatic carbocycles. The van der Waals surface area contributed by atoms with Gasteiger partial charge in [-0.25, -0.2) is 0 Å². The Morgan fingerprint density at radius 3 is 1.27 bits per heavy atom. The fourth-order valence-electron chi connectivity index (χ4n) is 1.36. The van der Waals surface area contributed by atoms with E-state index >= 15 is 0 Å². The first-order valence-corrected chi connectivity index (χ1v) is 9.84. The van der Waals surface area contributed by atoms with Gasteiger partial charge in [0.1, 0.15) is 0 Å². The Morgan fingerprint density at radius 2 is 1.20 bits per heavy atom. The Morgan fingerprint density at radius 1 is 0.800 bits per heavy atom. The van der Waals surface area contributed by atoms with Crippen LogP contribution in [-0.2, 0) is 15.1 Å². The molecule has 0 saturated carbocycles. The first-order valence-electron chi connectivity index (χ1n) is 5.37. The Balaban J connectivity index is 0.000000210. The van der Waals surface area contributed by atoms with Crippen LogP contribution in [0.1, 0.15) is 51.4 Å². The van der Waals surface area contributed by atoms with E-state index in [1.807, 2.05) is 0 Å². The summed E-state index contributed by atoms with van der Waals surface area (Å²) in [6.07, 6.45) is 21.0. The molecule has 88 valence electrons. The molecule has 0 bridgehead atoms. The predicted octanol–water partition coefficient (Wildman–Crippen LogP) is 5.22. The second kappa shape index (κ2) is 14.7. The van der Waals surface area contributed by atoms with Crippen LogP contribution in [0.25, 0.3) is 0 Å². The van der Waals surface area contributed by atoms with Crippen molar-refractivity contribution >= 4 is 19.4 Å². The van der Waals surface area contributed by atoms with Crippen molar-refractivity contribution < 1.29 is 15.1 Å². The van der Waals surface area contributed by atoms with Crippen molar-refractivity contribution in [2.45, 2.75) is 51.4 Å². The summed E-state index contributed by atoms with van der Waals surface area (Å²) in [5.74, 6) is 0. The number of hydrogen-bond acceptors (Lipinski definition) is 0. The molecule has 0 N–H and O–H groups in total. The molecule has 0 aliphatic heterocycles. The number of hydrogen-bond donors (Lipinski definition) is 0. The molecule has 0 aromatic heterocycles. The SMILES string of the molecule is [C-]1=CCCCC1.[C-]1=CCCCC1.[Cl][Ru+2][Cl]. The van der Waals surface area contributed by atoms with Gasteiger partial charge in [0.15, 0.2) is 0 Å². The van der Waals surface area contributed by atoms with E-state index in [1.54, 1.807) is 0 Å². The fraction of sp³-hybridized carbons (Fsp3) is 0.667. The van der Waals surface area contributed by atoms with E-state index in [0.29, 0.717) is 0 Å². The van der Waals surface area contributed by atoms with Crippen LogP contribution in [0.2, 0.25) is 0 Å². The van der Waals surface area contributed by atoms with Crippen LogP contribution in [0, 0.1) is 12.2 Å². The molecule has 0 atom stereocenters. The van der Waals surface area contributed by atoms with Crippen molar-refractivity contribution in [1.82, 2.24) is 0 Å². The zero-order chi connectivity index (χ0) is 11.2. The van der Waals surface area contributed by atoms with Crippen molar-refractivity contribution in [2.24, 2.45) is 0 Å². The minimum absolute atomic E-state index is 0.346. The van der Waals surface area contributed by atoms with E-state index in [0.717, 1.165) is 0 Å².